The molecule has 0 aliphatic heterocycles. The van der Waals surface area contributed by atoms with Crippen LogP contribution in [-0.2, 0) is 5.75 Å². The van der Waals surface area contributed by atoms with Gasteiger partial charge in [-0.25, -0.2) is 0 Å². The Hall–Kier alpha value is -1.41. The van der Waals surface area contributed by atoms with Gasteiger partial charge in [0.05, 0.1) is 0 Å². The van der Waals surface area contributed by atoms with Crippen LogP contribution in [0, 0.1) is 5.92 Å². The summed E-state index contributed by atoms with van der Waals surface area (Å²) in [5, 5.41) is 3.46. The first-order valence-corrected chi connectivity index (χ1v) is 9.80. The minimum absolute atomic E-state index is 0.720. The molecule has 0 aromatic heterocycles. The summed E-state index contributed by atoms with van der Waals surface area (Å²) in [5.41, 5.74) is 4.05. The molecule has 0 radical (unpaired) electrons. The molecule has 1 nitrogen and oxygen atoms in total. The van der Waals surface area contributed by atoms with Gasteiger partial charge in [0.25, 0.3) is 0 Å². The first-order valence-electron chi connectivity index (χ1n) is 8.64. The lowest BCUT2D eigenvalue weighted by Crippen LogP contribution is -2.15. The average Bonchev–Trinajstić information content (AvgIpc) is 2.57. The van der Waals surface area contributed by atoms with E-state index in [-0.39, 0.29) is 0 Å². The van der Waals surface area contributed by atoms with Crippen LogP contribution in [0.1, 0.15) is 38.2 Å². The number of hydrogen-bond acceptors (Lipinski definition) is 2. The van der Waals surface area contributed by atoms with Gasteiger partial charge in [-0.3, -0.25) is 0 Å². The Morgan fingerprint density at radius 2 is 2.09 bits per heavy atom. The van der Waals surface area contributed by atoms with Crippen LogP contribution in [0.25, 0.3) is 0 Å². The molecule has 1 atom stereocenters. The Labute approximate surface area is 146 Å². The van der Waals surface area contributed by atoms with Crippen LogP contribution in [0.15, 0.2) is 66.4 Å². The van der Waals surface area contributed by atoms with Crippen molar-refractivity contribution in [3.63, 3.8) is 0 Å². The fourth-order valence-corrected chi connectivity index (χ4v) is 3.47. The number of unbranched alkanes of at least 4 members (excludes halogenated alkanes) is 1. The molecule has 0 spiro atoms. The number of allylic oxidation sites excluding steroid dienone is 4. The summed E-state index contributed by atoms with van der Waals surface area (Å²) in [6.45, 7) is 7.44. The number of rotatable bonds is 10. The van der Waals surface area contributed by atoms with Gasteiger partial charge in [-0.2, -0.15) is 11.8 Å². The summed E-state index contributed by atoms with van der Waals surface area (Å²) in [6.07, 6.45) is 11.9. The summed E-state index contributed by atoms with van der Waals surface area (Å²) in [6, 6.07) is 10.6. The van der Waals surface area contributed by atoms with Crippen LogP contribution >= 0.6 is 11.8 Å². The molecular weight excluding hydrogens is 298 g/mol. The van der Waals surface area contributed by atoms with Gasteiger partial charge in [0.1, 0.15) is 0 Å². The second-order valence-electron chi connectivity index (χ2n) is 6.32. The van der Waals surface area contributed by atoms with Crippen LogP contribution in [0.2, 0.25) is 0 Å². The highest BCUT2D eigenvalue weighted by atomic mass is 32.2. The number of nitrogens with one attached hydrogen (secondary N) is 1. The van der Waals surface area contributed by atoms with E-state index in [1.54, 1.807) is 0 Å². The summed E-state index contributed by atoms with van der Waals surface area (Å²) in [4.78, 5) is 0. The Balaban J connectivity index is 1.48. The molecule has 2 rings (SSSR count). The lowest BCUT2D eigenvalue weighted by atomic mass is 9.96. The average molecular weight is 328 g/mol. The summed E-state index contributed by atoms with van der Waals surface area (Å²) in [5.74, 6) is 2.76. The molecule has 2 heteroatoms. The number of thioether (sulfide) groups is 1. The summed E-state index contributed by atoms with van der Waals surface area (Å²) >= 11 is 1.92. The molecule has 0 heterocycles. The molecule has 0 fully saturated rings. The smallest absolute Gasteiger partial charge is 0.0330 e. The molecule has 0 bridgehead atoms. The maximum absolute atomic E-state index is 4.13. The summed E-state index contributed by atoms with van der Waals surface area (Å²) in [7, 11) is 0. The molecule has 124 valence electrons. The first kappa shape index (κ1) is 17.9. The van der Waals surface area contributed by atoms with E-state index < -0.39 is 0 Å². The zero-order valence-electron chi connectivity index (χ0n) is 14.3. The van der Waals surface area contributed by atoms with E-state index in [0.717, 1.165) is 29.7 Å². The Morgan fingerprint density at radius 1 is 1.26 bits per heavy atom. The van der Waals surface area contributed by atoms with Gasteiger partial charge in [0, 0.05) is 23.7 Å². The van der Waals surface area contributed by atoms with Crippen molar-refractivity contribution in [1.82, 2.24) is 5.32 Å². The van der Waals surface area contributed by atoms with Crippen molar-refractivity contribution in [3.05, 3.63) is 72.0 Å². The third kappa shape index (κ3) is 7.60. The first-order chi connectivity index (χ1) is 11.2. The SMILES string of the molecule is C=C(CSCc1ccccc1)NCCCCC1=CCC(C)C=C1. The van der Waals surface area contributed by atoms with Crippen molar-refractivity contribution < 1.29 is 0 Å². The minimum atomic E-state index is 0.720. The highest BCUT2D eigenvalue weighted by molar-refractivity contribution is 7.98. The normalized spacial score (nSPS) is 16.9. The molecular formula is C21H29NS. The van der Waals surface area contributed by atoms with Crippen molar-refractivity contribution in [2.45, 2.75) is 38.4 Å². The van der Waals surface area contributed by atoms with Crippen LogP contribution in [-0.4, -0.2) is 12.3 Å². The second-order valence-corrected chi connectivity index (χ2v) is 7.30. The van der Waals surface area contributed by atoms with E-state index in [0.29, 0.717) is 0 Å². The number of benzene rings is 1. The van der Waals surface area contributed by atoms with Gasteiger partial charge in [-0.1, -0.05) is 67.6 Å². The topological polar surface area (TPSA) is 12.0 Å². The zero-order chi connectivity index (χ0) is 16.3. The third-order valence-corrected chi connectivity index (χ3v) is 5.14. The van der Waals surface area contributed by atoms with Gasteiger partial charge in [0.2, 0.25) is 0 Å². The van der Waals surface area contributed by atoms with Gasteiger partial charge < -0.3 is 5.32 Å². The van der Waals surface area contributed by atoms with Crippen LogP contribution < -0.4 is 5.32 Å². The lowest BCUT2D eigenvalue weighted by molar-refractivity contribution is 0.670. The van der Waals surface area contributed by atoms with E-state index in [1.165, 1.54) is 36.8 Å². The van der Waals surface area contributed by atoms with Gasteiger partial charge >= 0.3 is 0 Å². The van der Waals surface area contributed by atoms with Gasteiger partial charge in [-0.15, -0.1) is 0 Å². The fourth-order valence-electron chi connectivity index (χ4n) is 2.59. The zero-order valence-corrected chi connectivity index (χ0v) is 15.1. The second kappa shape index (κ2) is 10.4. The van der Waals surface area contributed by atoms with Crippen molar-refractivity contribution in [3.8, 4) is 0 Å². The van der Waals surface area contributed by atoms with Crippen molar-refractivity contribution in [2.24, 2.45) is 5.92 Å². The summed E-state index contributed by atoms with van der Waals surface area (Å²) < 4.78 is 0. The van der Waals surface area contributed by atoms with E-state index in [9.17, 15) is 0 Å². The van der Waals surface area contributed by atoms with Crippen molar-refractivity contribution >= 4 is 11.8 Å². The fraction of sp³-hybridized carbons (Fsp3) is 0.429. The molecule has 23 heavy (non-hydrogen) atoms. The van der Waals surface area contributed by atoms with Crippen molar-refractivity contribution in [2.75, 3.05) is 12.3 Å². The van der Waals surface area contributed by atoms with Gasteiger partial charge in [0.15, 0.2) is 0 Å². The van der Waals surface area contributed by atoms with Gasteiger partial charge in [-0.05, 0) is 37.2 Å². The Bertz CT molecular complexity index is 530. The largest absolute Gasteiger partial charge is 0.388 e. The molecule has 1 aliphatic carbocycles. The van der Waals surface area contributed by atoms with Crippen LogP contribution in [0.4, 0.5) is 0 Å². The maximum atomic E-state index is 4.13. The standard InChI is InChI=1S/C21H29NS/c1-18-11-13-20(14-12-18)8-6-7-15-22-19(2)16-23-17-21-9-4-3-5-10-21/h3-5,9-11,13-14,18,22H,2,6-8,12,15-17H2,1H3. The molecule has 1 aromatic carbocycles. The highest BCUT2D eigenvalue weighted by Gasteiger charge is 2.03. The molecule has 0 saturated heterocycles. The van der Waals surface area contributed by atoms with E-state index in [4.69, 9.17) is 0 Å². The van der Waals surface area contributed by atoms with Crippen LogP contribution in [0.5, 0.6) is 0 Å². The molecule has 1 aromatic rings. The minimum Gasteiger partial charge on any atom is -0.388 e. The third-order valence-electron chi connectivity index (χ3n) is 4.05. The quantitative estimate of drug-likeness (QED) is 0.552. The lowest BCUT2D eigenvalue weighted by Gasteiger charge is -2.12. The molecule has 0 amide bonds. The molecule has 1 N–H and O–H groups in total. The van der Waals surface area contributed by atoms with E-state index >= 15 is 0 Å². The van der Waals surface area contributed by atoms with Crippen molar-refractivity contribution in [1.29, 1.82) is 0 Å². The number of hydrogen-bond donors (Lipinski definition) is 1. The Kier molecular flexibility index (Phi) is 8.10. The van der Waals surface area contributed by atoms with Crippen LogP contribution in [0.3, 0.4) is 0 Å². The molecule has 1 unspecified atom stereocenters. The Morgan fingerprint density at radius 3 is 2.83 bits per heavy atom. The molecule has 0 saturated carbocycles. The predicted octanol–water partition coefficient (Wildman–Crippen LogP) is 5.72. The monoisotopic (exact) mass is 327 g/mol. The van der Waals surface area contributed by atoms with E-state index in [2.05, 4.69) is 67.4 Å². The van der Waals surface area contributed by atoms with E-state index in [1.807, 2.05) is 11.8 Å². The highest BCUT2D eigenvalue weighted by Crippen LogP contribution is 2.19. The molecule has 1 aliphatic rings. The predicted molar refractivity (Wildman–Crippen MR) is 105 cm³/mol. The maximum Gasteiger partial charge on any atom is 0.0330 e.